The van der Waals surface area contributed by atoms with E-state index in [-0.39, 0.29) is 12.1 Å². The number of aromatic nitrogens is 2. The fourth-order valence-corrected chi connectivity index (χ4v) is 2.06. The lowest BCUT2D eigenvalue weighted by Crippen LogP contribution is -2.39. The highest BCUT2D eigenvalue weighted by atomic mass is 16.5. The van der Waals surface area contributed by atoms with Crippen LogP contribution >= 0.6 is 0 Å². The van der Waals surface area contributed by atoms with E-state index in [1.807, 2.05) is 19.0 Å². The van der Waals surface area contributed by atoms with Crippen LogP contribution in [-0.4, -0.2) is 60.7 Å². The van der Waals surface area contributed by atoms with Crippen molar-refractivity contribution in [3.63, 3.8) is 0 Å². The summed E-state index contributed by atoms with van der Waals surface area (Å²) in [5.41, 5.74) is 0. The molecule has 0 saturated carbocycles. The highest BCUT2D eigenvalue weighted by Gasteiger charge is 2.27. The molecule has 7 heteroatoms. The van der Waals surface area contributed by atoms with Gasteiger partial charge in [0.2, 0.25) is 5.88 Å². The molecule has 1 aromatic rings. The predicted molar refractivity (Wildman–Crippen MR) is 80.6 cm³/mol. The Bertz CT molecular complexity index is 506. The first-order valence-corrected chi connectivity index (χ1v) is 6.90. The van der Waals surface area contributed by atoms with E-state index in [4.69, 9.17) is 4.74 Å². The first-order chi connectivity index (χ1) is 10.1. The van der Waals surface area contributed by atoms with Gasteiger partial charge in [-0.3, -0.25) is 4.98 Å². The summed E-state index contributed by atoms with van der Waals surface area (Å²) in [5, 5.41) is 2.76. The normalized spacial score (nSPS) is 17.4. The maximum atomic E-state index is 11.8. The molecule has 1 unspecified atom stereocenters. The number of carbonyl (C=O) groups is 1. The second kappa shape index (κ2) is 6.92. The molecule has 0 aromatic carbocycles. The van der Waals surface area contributed by atoms with Gasteiger partial charge < -0.3 is 19.9 Å². The molecule has 1 aliphatic rings. The fourth-order valence-electron chi connectivity index (χ4n) is 2.06. The van der Waals surface area contributed by atoms with Gasteiger partial charge in [-0.15, -0.1) is 6.58 Å². The molecular formula is C14H21N5O2. The zero-order valence-corrected chi connectivity index (χ0v) is 12.5. The van der Waals surface area contributed by atoms with Gasteiger partial charge >= 0.3 is 6.03 Å². The number of ether oxygens (including phenoxy) is 1. The molecule has 114 valence electrons. The Morgan fingerprint density at radius 3 is 3.14 bits per heavy atom. The van der Waals surface area contributed by atoms with Gasteiger partial charge in [0.1, 0.15) is 6.10 Å². The van der Waals surface area contributed by atoms with Crippen molar-refractivity contribution in [1.29, 1.82) is 0 Å². The molecule has 0 bridgehead atoms. The third-order valence-corrected chi connectivity index (χ3v) is 3.18. The lowest BCUT2D eigenvalue weighted by molar-refractivity contribution is 0.183. The summed E-state index contributed by atoms with van der Waals surface area (Å²) in [6.07, 6.45) is 5.66. The van der Waals surface area contributed by atoms with Crippen LogP contribution in [0.5, 0.6) is 5.88 Å². The van der Waals surface area contributed by atoms with E-state index in [0.29, 0.717) is 25.5 Å². The Morgan fingerprint density at radius 1 is 1.62 bits per heavy atom. The van der Waals surface area contributed by atoms with Crippen molar-refractivity contribution < 1.29 is 9.53 Å². The topological polar surface area (TPSA) is 70.6 Å². The quantitative estimate of drug-likeness (QED) is 0.816. The van der Waals surface area contributed by atoms with Crippen molar-refractivity contribution in [2.24, 2.45) is 0 Å². The zero-order valence-electron chi connectivity index (χ0n) is 12.5. The van der Waals surface area contributed by atoms with Crippen LogP contribution in [-0.2, 0) is 0 Å². The van der Waals surface area contributed by atoms with Crippen molar-refractivity contribution in [3.8, 4) is 5.88 Å². The highest BCUT2D eigenvalue weighted by molar-refractivity contribution is 5.74. The monoisotopic (exact) mass is 291 g/mol. The van der Waals surface area contributed by atoms with Gasteiger partial charge in [0.15, 0.2) is 5.82 Å². The Kier molecular flexibility index (Phi) is 4.97. The highest BCUT2D eigenvalue weighted by Crippen LogP contribution is 2.18. The summed E-state index contributed by atoms with van der Waals surface area (Å²) in [7, 11) is 3.80. The fraction of sp³-hybridized carbons (Fsp3) is 0.500. The molecule has 1 saturated heterocycles. The number of carbonyl (C=O) groups excluding carboxylic acids is 1. The minimum Gasteiger partial charge on any atom is -0.471 e. The van der Waals surface area contributed by atoms with Gasteiger partial charge in [-0.2, -0.15) is 4.98 Å². The minimum atomic E-state index is -0.0888. The summed E-state index contributed by atoms with van der Waals surface area (Å²) in [6, 6.07) is -0.0888. The molecule has 0 spiro atoms. The summed E-state index contributed by atoms with van der Waals surface area (Å²) >= 11 is 0. The van der Waals surface area contributed by atoms with Crippen molar-refractivity contribution in [1.82, 2.24) is 20.2 Å². The van der Waals surface area contributed by atoms with Gasteiger partial charge in [-0.05, 0) is 0 Å². The largest absolute Gasteiger partial charge is 0.471 e. The lowest BCUT2D eigenvalue weighted by Gasteiger charge is -2.17. The van der Waals surface area contributed by atoms with Crippen LogP contribution in [0.4, 0.5) is 10.6 Å². The van der Waals surface area contributed by atoms with E-state index in [2.05, 4.69) is 21.9 Å². The van der Waals surface area contributed by atoms with Crippen molar-refractivity contribution in [2.45, 2.75) is 12.5 Å². The molecule has 0 aliphatic carbocycles. The summed E-state index contributed by atoms with van der Waals surface area (Å²) in [4.78, 5) is 23.9. The van der Waals surface area contributed by atoms with E-state index in [9.17, 15) is 4.79 Å². The average molecular weight is 291 g/mol. The van der Waals surface area contributed by atoms with Crippen LogP contribution < -0.4 is 15.0 Å². The molecule has 7 nitrogen and oxygen atoms in total. The number of nitrogens with one attached hydrogen (secondary N) is 1. The average Bonchev–Trinajstić information content (AvgIpc) is 2.93. The summed E-state index contributed by atoms with van der Waals surface area (Å²) in [6.45, 7) is 5.27. The third kappa shape index (κ3) is 4.08. The van der Waals surface area contributed by atoms with Crippen LogP contribution in [0.1, 0.15) is 6.42 Å². The molecule has 0 radical (unpaired) electrons. The van der Waals surface area contributed by atoms with Gasteiger partial charge in [-0.25, -0.2) is 4.79 Å². The smallest absolute Gasteiger partial charge is 0.317 e. The van der Waals surface area contributed by atoms with Gasteiger partial charge in [-0.1, -0.05) is 6.08 Å². The molecule has 2 amide bonds. The number of hydrogen-bond donors (Lipinski definition) is 1. The zero-order chi connectivity index (χ0) is 15.2. The van der Waals surface area contributed by atoms with E-state index in [1.165, 1.54) is 0 Å². The molecule has 1 aliphatic heterocycles. The number of rotatable bonds is 5. The predicted octanol–water partition coefficient (Wildman–Crippen LogP) is 0.891. The Hall–Kier alpha value is -2.31. The summed E-state index contributed by atoms with van der Waals surface area (Å²) < 4.78 is 5.81. The van der Waals surface area contributed by atoms with E-state index >= 15 is 0 Å². The van der Waals surface area contributed by atoms with Crippen molar-refractivity contribution in [3.05, 3.63) is 25.0 Å². The lowest BCUT2D eigenvalue weighted by atomic mass is 10.3. The molecule has 1 fully saturated rings. The maximum absolute atomic E-state index is 11.8. The molecular weight excluding hydrogens is 270 g/mol. The van der Waals surface area contributed by atoms with Crippen LogP contribution in [0.25, 0.3) is 0 Å². The standard InChI is InChI=1S/C14H21N5O2/c1-4-6-16-14(20)19-7-5-11(10-19)21-13-9-15-8-12(17-13)18(2)3/h4,8-9,11H,1,5-7,10H2,2-3H3,(H,16,20). The van der Waals surface area contributed by atoms with E-state index in [0.717, 1.165) is 12.2 Å². The Balaban J connectivity index is 1.89. The molecule has 2 heterocycles. The minimum absolute atomic E-state index is 0.0498. The van der Waals surface area contributed by atoms with Crippen LogP contribution in [0, 0.1) is 0 Å². The number of anilines is 1. The Morgan fingerprint density at radius 2 is 2.43 bits per heavy atom. The van der Waals surface area contributed by atoms with Crippen molar-refractivity contribution >= 4 is 11.8 Å². The summed E-state index contributed by atoms with van der Waals surface area (Å²) in [5.74, 6) is 1.23. The van der Waals surface area contributed by atoms with Crippen LogP contribution in [0.2, 0.25) is 0 Å². The number of hydrogen-bond acceptors (Lipinski definition) is 5. The number of nitrogens with zero attached hydrogens (tertiary/aromatic N) is 4. The molecule has 1 aromatic heterocycles. The molecule has 1 atom stereocenters. The van der Waals surface area contributed by atoms with Gasteiger partial charge in [0.25, 0.3) is 0 Å². The molecule has 2 rings (SSSR count). The van der Waals surface area contributed by atoms with Crippen molar-refractivity contribution in [2.75, 3.05) is 38.6 Å². The second-order valence-electron chi connectivity index (χ2n) is 5.06. The van der Waals surface area contributed by atoms with Crippen LogP contribution in [0.15, 0.2) is 25.0 Å². The molecule has 1 N–H and O–H groups in total. The van der Waals surface area contributed by atoms with E-state index in [1.54, 1.807) is 23.4 Å². The van der Waals surface area contributed by atoms with E-state index < -0.39 is 0 Å². The SMILES string of the molecule is C=CCNC(=O)N1CCC(Oc2cncc(N(C)C)n2)C1. The maximum Gasteiger partial charge on any atom is 0.317 e. The first-order valence-electron chi connectivity index (χ1n) is 6.90. The molecule has 21 heavy (non-hydrogen) atoms. The van der Waals surface area contributed by atoms with Gasteiger partial charge in [0.05, 0.1) is 18.9 Å². The Labute approximate surface area is 124 Å². The third-order valence-electron chi connectivity index (χ3n) is 3.18. The first kappa shape index (κ1) is 15.1. The number of amides is 2. The number of likely N-dealkylation sites (tertiary alicyclic amines) is 1. The number of urea groups is 1. The second-order valence-corrected chi connectivity index (χ2v) is 5.06. The van der Waals surface area contributed by atoms with Crippen LogP contribution in [0.3, 0.4) is 0 Å². The van der Waals surface area contributed by atoms with Gasteiger partial charge in [0, 0.05) is 33.6 Å².